The number of nitrogens with two attached hydrogens (primary N) is 1. The predicted octanol–water partition coefficient (Wildman–Crippen LogP) is 2.52. The van der Waals surface area contributed by atoms with Crippen LogP contribution in [-0.4, -0.2) is 26.1 Å². The lowest BCUT2D eigenvalue weighted by atomic mass is 10.2. The molecule has 3 rings (SSSR count). The molecule has 3 aromatic rings. The van der Waals surface area contributed by atoms with Gasteiger partial charge in [-0.1, -0.05) is 44.2 Å². The Morgan fingerprint density at radius 3 is 2.68 bits per heavy atom. The van der Waals surface area contributed by atoms with Crippen molar-refractivity contribution in [3.63, 3.8) is 0 Å². The van der Waals surface area contributed by atoms with Crippen LogP contribution in [0.2, 0.25) is 0 Å². The van der Waals surface area contributed by atoms with Gasteiger partial charge in [-0.25, -0.2) is 4.98 Å². The molecule has 0 amide bonds. The van der Waals surface area contributed by atoms with Gasteiger partial charge in [0, 0.05) is 6.54 Å². The third kappa shape index (κ3) is 3.00. The minimum Gasteiger partial charge on any atom is -0.382 e. The van der Waals surface area contributed by atoms with Crippen LogP contribution in [0.1, 0.15) is 19.4 Å². The Morgan fingerprint density at radius 1 is 1.18 bits per heavy atom. The van der Waals surface area contributed by atoms with Gasteiger partial charge in [0.25, 0.3) is 0 Å². The molecule has 3 N–H and O–H groups in total. The van der Waals surface area contributed by atoms with Crippen LogP contribution in [0.3, 0.4) is 0 Å². The van der Waals surface area contributed by atoms with Crippen molar-refractivity contribution in [3.8, 4) is 0 Å². The Kier molecular flexibility index (Phi) is 3.91. The summed E-state index contributed by atoms with van der Waals surface area (Å²) in [6, 6.07) is 10.2. The SMILES string of the molecule is CC(C)CNc1nc(N)c2ncn(Cc3ccccc3)c2n1. The molecule has 1 aromatic carbocycles. The summed E-state index contributed by atoms with van der Waals surface area (Å²) < 4.78 is 1.99. The molecule has 0 spiro atoms. The quantitative estimate of drug-likeness (QED) is 0.756. The van der Waals surface area contributed by atoms with Crippen molar-refractivity contribution in [2.75, 3.05) is 17.6 Å². The van der Waals surface area contributed by atoms with Crippen LogP contribution in [0.5, 0.6) is 0 Å². The number of nitrogens with zero attached hydrogens (tertiary/aromatic N) is 4. The second-order valence-electron chi connectivity index (χ2n) is 5.74. The molecule has 0 aliphatic carbocycles. The van der Waals surface area contributed by atoms with Crippen molar-refractivity contribution in [2.24, 2.45) is 5.92 Å². The van der Waals surface area contributed by atoms with E-state index in [1.165, 1.54) is 5.56 Å². The number of hydrogen-bond acceptors (Lipinski definition) is 5. The van der Waals surface area contributed by atoms with Gasteiger partial charge in [-0.3, -0.25) is 0 Å². The predicted molar refractivity (Wildman–Crippen MR) is 88.6 cm³/mol. The molecule has 114 valence electrons. The van der Waals surface area contributed by atoms with Crippen molar-refractivity contribution in [1.29, 1.82) is 0 Å². The second-order valence-corrected chi connectivity index (χ2v) is 5.74. The number of hydrogen-bond donors (Lipinski definition) is 2. The minimum absolute atomic E-state index is 0.406. The highest BCUT2D eigenvalue weighted by molar-refractivity contribution is 5.82. The van der Waals surface area contributed by atoms with Gasteiger partial charge in [0.1, 0.15) is 5.52 Å². The summed E-state index contributed by atoms with van der Waals surface area (Å²) >= 11 is 0. The summed E-state index contributed by atoms with van der Waals surface area (Å²) in [6.45, 7) is 5.78. The summed E-state index contributed by atoms with van der Waals surface area (Å²) in [5.41, 5.74) is 8.59. The molecular formula is C16H20N6. The fraction of sp³-hybridized carbons (Fsp3) is 0.312. The zero-order valence-corrected chi connectivity index (χ0v) is 12.8. The summed E-state index contributed by atoms with van der Waals surface area (Å²) in [4.78, 5) is 13.2. The fourth-order valence-corrected chi connectivity index (χ4v) is 2.24. The minimum atomic E-state index is 0.406. The summed E-state index contributed by atoms with van der Waals surface area (Å²) in [5.74, 6) is 1.46. The van der Waals surface area contributed by atoms with Gasteiger partial charge in [-0.05, 0) is 11.5 Å². The second kappa shape index (κ2) is 6.01. The monoisotopic (exact) mass is 296 g/mol. The third-order valence-corrected chi connectivity index (χ3v) is 3.36. The van der Waals surface area contributed by atoms with E-state index in [9.17, 15) is 0 Å². The van der Waals surface area contributed by atoms with Crippen LogP contribution >= 0.6 is 0 Å². The summed E-state index contributed by atoms with van der Waals surface area (Å²) in [6.07, 6.45) is 1.76. The first-order valence-electron chi connectivity index (χ1n) is 7.39. The van der Waals surface area contributed by atoms with Gasteiger partial charge < -0.3 is 15.6 Å². The molecule has 0 unspecified atom stereocenters. The molecule has 0 saturated carbocycles. The molecule has 0 atom stereocenters. The van der Waals surface area contributed by atoms with Gasteiger partial charge >= 0.3 is 0 Å². The van der Waals surface area contributed by atoms with E-state index in [2.05, 4.69) is 46.2 Å². The molecule has 0 aliphatic rings. The largest absolute Gasteiger partial charge is 0.382 e. The Balaban J connectivity index is 1.94. The zero-order chi connectivity index (χ0) is 15.5. The Hall–Kier alpha value is -2.63. The van der Waals surface area contributed by atoms with Crippen molar-refractivity contribution in [2.45, 2.75) is 20.4 Å². The van der Waals surface area contributed by atoms with E-state index in [0.29, 0.717) is 29.7 Å². The van der Waals surface area contributed by atoms with Crippen LogP contribution < -0.4 is 11.1 Å². The van der Waals surface area contributed by atoms with Gasteiger partial charge in [0.15, 0.2) is 11.5 Å². The van der Waals surface area contributed by atoms with Crippen LogP contribution in [0.15, 0.2) is 36.7 Å². The Bertz CT molecular complexity index is 763. The lowest BCUT2D eigenvalue weighted by Crippen LogP contribution is -2.12. The average molecular weight is 296 g/mol. The molecular weight excluding hydrogens is 276 g/mol. The zero-order valence-electron chi connectivity index (χ0n) is 12.8. The van der Waals surface area contributed by atoms with E-state index in [-0.39, 0.29) is 0 Å². The van der Waals surface area contributed by atoms with Crippen LogP contribution in [0, 0.1) is 5.92 Å². The number of nitrogens with one attached hydrogen (secondary N) is 1. The number of rotatable bonds is 5. The van der Waals surface area contributed by atoms with Crippen molar-refractivity contribution in [3.05, 3.63) is 42.2 Å². The first-order chi connectivity index (χ1) is 10.6. The molecule has 0 saturated heterocycles. The molecule has 0 aliphatic heterocycles. The number of benzene rings is 1. The van der Waals surface area contributed by atoms with E-state index in [0.717, 1.165) is 12.2 Å². The molecule has 0 radical (unpaired) electrons. The van der Waals surface area contributed by atoms with Gasteiger partial charge in [-0.15, -0.1) is 0 Å². The maximum atomic E-state index is 6.00. The summed E-state index contributed by atoms with van der Waals surface area (Å²) in [5, 5.41) is 3.21. The van der Waals surface area contributed by atoms with E-state index < -0.39 is 0 Å². The molecule has 2 aromatic heterocycles. The highest BCUT2D eigenvalue weighted by Gasteiger charge is 2.11. The third-order valence-electron chi connectivity index (χ3n) is 3.36. The van der Waals surface area contributed by atoms with Crippen molar-refractivity contribution >= 4 is 22.9 Å². The molecule has 22 heavy (non-hydrogen) atoms. The number of aromatic nitrogens is 4. The number of imidazole rings is 1. The fourth-order valence-electron chi connectivity index (χ4n) is 2.24. The first-order valence-corrected chi connectivity index (χ1v) is 7.39. The van der Waals surface area contributed by atoms with Crippen LogP contribution in [0.25, 0.3) is 11.2 Å². The smallest absolute Gasteiger partial charge is 0.226 e. The van der Waals surface area contributed by atoms with Gasteiger partial charge in [0.05, 0.1) is 12.9 Å². The Labute approximate surface area is 129 Å². The average Bonchev–Trinajstić information content (AvgIpc) is 2.90. The molecule has 0 bridgehead atoms. The van der Waals surface area contributed by atoms with E-state index in [1.807, 2.05) is 22.8 Å². The van der Waals surface area contributed by atoms with E-state index in [1.54, 1.807) is 6.33 Å². The normalized spacial score (nSPS) is 11.2. The van der Waals surface area contributed by atoms with E-state index in [4.69, 9.17) is 5.73 Å². The maximum absolute atomic E-state index is 6.00. The van der Waals surface area contributed by atoms with Crippen molar-refractivity contribution in [1.82, 2.24) is 19.5 Å². The molecule has 6 heteroatoms. The van der Waals surface area contributed by atoms with Crippen LogP contribution in [0.4, 0.5) is 11.8 Å². The lowest BCUT2D eigenvalue weighted by Gasteiger charge is -2.09. The van der Waals surface area contributed by atoms with Gasteiger partial charge in [-0.2, -0.15) is 9.97 Å². The maximum Gasteiger partial charge on any atom is 0.226 e. The topological polar surface area (TPSA) is 81.6 Å². The van der Waals surface area contributed by atoms with Crippen LogP contribution in [-0.2, 0) is 6.54 Å². The van der Waals surface area contributed by atoms with Crippen molar-refractivity contribution < 1.29 is 0 Å². The summed E-state index contributed by atoms with van der Waals surface area (Å²) in [7, 11) is 0. The van der Waals surface area contributed by atoms with E-state index >= 15 is 0 Å². The number of anilines is 2. The standard InChI is InChI=1S/C16H20N6/c1-11(2)8-18-16-20-14(17)13-15(21-16)22(10-19-13)9-12-6-4-3-5-7-12/h3-7,10-11H,8-9H2,1-2H3,(H3,17,18,20,21). The molecule has 6 nitrogen and oxygen atoms in total. The Morgan fingerprint density at radius 2 is 1.95 bits per heavy atom. The number of nitrogen functional groups attached to an aromatic ring is 1. The molecule has 2 heterocycles. The highest BCUT2D eigenvalue weighted by Crippen LogP contribution is 2.19. The lowest BCUT2D eigenvalue weighted by molar-refractivity contribution is 0.684. The highest BCUT2D eigenvalue weighted by atomic mass is 15.2. The van der Waals surface area contributed by atoms with Gasteiger partial charge in [0.2, 0.25) is 5.95 Å². The first kappa shape index (κ1) is 14.3. The molecule has 0 fully saturated rings. The number of fused-ring (bicyclic) bond motifs is 1.